The van der Waals surface area contributed by atoms with E-state index in [0.29, 0.717) is 5.75 Å². The second-order valence-corrected chi connectivity index (χ2v) is 4.13. The number of aryl methyl sites for hydroxylation is 1. The summed E-state index contributed by atoms with van der Waals surface area (Å²) in [5.41, 5.74) is 1.04. The monoisotopic (exact) mass is 250 g/mol. The van der Waals surface area contributed by atoms with Gasteiger partial charge >= 0.3 is 0 Å². The van der Waals surface area contributed by atoms with Gasteiger partial charge in [-0.1, -0.05) is 0 Å². The summed E-state index contributed by atoms with van der Waals surface area (Å²) >= 11 is 0. The molecular weight excluding hydrogens is 235 g/mol. The van der Waals surface area contributed by atoms with E-state index in [2.05, 4.69) is 5.10 Å². The van der Waals surface area contributed by atoms with E-state index in [4.69, 9.17) is 4.74 Å². The molecule has 0 bridgehead atoms. The molecule has 0 fully saturated rings. The Labute approximate surface area is 105 Å². The van der Waals surface area contributed by atoms with Gasteiger partial charge in [-0.15, -0.1) is 0 Å². The molecule has 0 spiro atoms. The summed E-state index contributed by atoms with van der Waals surface area (Å²) in [7, 11) is 1.82. The molecule has 96 valence electrons. The van der Waals surface area contributed by atoms with Crippen molar-refractivity contribution in [3.05, 3.63) is 47.5 Å². The number of halogens is 1. The average molecular weight is 250 g/mol. The quantitative estimate of drug-likeness (QED) is 0.904. The summed E-state index contributed by atoms with van der Waals surface area (Å²) in [6, 6.07) is 6.26. The molecule has 1 N–H and O–H groups in total. The van der Waals surface area contributed by atoms with Crippen molar-refractivity contribution < 1.29 is 14.2 Å². The van der Waals surface area contributed by atoms with E-state index in [1.165, 1.54) is 19.1 Å². The Kier molecular flexibility index (Phi) is 3.62. The third-order valence-electron chi connectivity index (χ3n) is 2.58. The second-order valence-electron chi connectivity index (χ2n) is 4.13. The van der Waals surface area contributed by atoms with Crippen LogP contribution in [0, 0.1) is 5.82 Å². The van der Waals surface area contributed by atoms with Crippen molar-refractivity contribution in [2.75, 3.05) is 0 Å². The fourth-order valence-corrected chi connectivity index (χ4v) is 1.63. The molecule has 0 aliphatic rings. The molecule has 1 heterocycles. The Morgan fingerprint density at radius 1 is 1.44 bits per heavy atom. The summed E-state index contributed by atoms with van der Waals surface area (Å²) in [4.78, 5) is 0. The predicted molar refractivity (Wildman–Crippen MR) is 64.6 cm³/mol. The zero-order valence-electron chi connectivity index (χ0n) is 10.3. The Morgan fingerprint density at radius 3 is 2.78 bits per heavy atom. The number of hydrogen-bond donors (Lipinski definition) is 1. The second kappa shape index (κ2) is 5.18. The highest BCUT2D eigenvalue weighted by Crippen LogP contribution is 2.22. The number of benzene rings is 1. The Bertz CT molecular complexity index is 538. The first-order valence-electron chi connectivity index (χ1n) is 5.65. The van der Waals surface area contributed by atoms with Crippen LogP contribution in [0.4, 0.5) is 4.39 Å². The van der Waals surface area contributed by atoms with Gasteiger partial charge in [0.05, 0.1) is 11.8 Å². The van der Waals surface area contributed by atoms with Crippen LogP contribution in [-0.2, 0) is 13.7 Å². The van der Waals surface area contributed by atoms with Crippen molar-refractivity contribution in [2.45, 2.75) is 19.6 Å². The number of nitrogens with zero attached hydrogens (tertiary/aromatic N) is 2. The van der Waals surface area contributed by atoms with Crippen LogP contribution >= 0.6 is 0 Å². The lowest BCUT2D eigenvalue weighted by Gasteiger charge is -2.09. The fourth-order valence-electron chi connectivity index (χ4n) is 1.63. The van der Waals surface area contributed by atoms with Crippen molar-refractivity contribution in [2.24, 2.45) is 7.05 Å². The number of rotatable bonds is 4. The van der Waals surface area contributed by atoms with Gasteiger partial charge < -0.3 is 9.84 Å². The molecule has 1 aromatic carbocycles. The van der Waals surface area contributed by atoms with Crippen LogP contribution in [0.1, 0.15) is 24.3 Å². The first-order valence-corrected chi connectivity index (χ1v) is 5.65. The van der Waals surface area contributed by atoms with Crippen molar-refractivity contribution >= 4 is 0 Å². The van der Waals surface area contributed by atoms with Crippen molar-refractivity contribution in [3.8, 4) is 5.75 Å². The smallest absolute Gasteiger partial charge is 0.132 e. The van der Waals surface area contributed by atoms with Crippen molar-refractivity contribution in [3.63, 3.8) is 0 Å². The summed E-state index contributed by atoms with van der Waals surface area (Å²) in [5.74, 6) is -0.0499. The minimum Gasteiger partial charge on any atom is -0.487 e. The van der Waals surface area contributed by atoms with Crippen LogP contribution in [0.3, 0.4) is 0 Å². The SMILES string of the molecule is CC(O)c1ccc(OCc2ccn(C)n2)cc1F. The molecule has 2 rings (SSSR count). The Balaban J connectivity index is 2.04. The highest BCUT2D eigenvalue weighted by atomic mass is 19.1. The van der Waals surface area contributed by atoms with Gasteiger partial charge in [0, 0.05) is 24.9 Å². The molecule has 0 saturated heterocycles. The van der Waals surface area contributed by atoms with Crippen molar-refractivity contribution in [1.29, 1.82) is 0 Å². The average Bonchev–Trinajstić information content (AvgIpc) is 2.72. The highest BCUT2D eigenvalue weighted by Gasteiger charge is 2.09. The Morgan fingerprint density at radius 2 is 2.22 bits per heavy atom. The maximum Gasteiger partial charge on any atom is 0.132 e. The van der Waals surface area contributed by atoms with Gasteiger partial charge in [0.1, 0.15) is 18.2 Å². The lowest BCUT2D eigenvalue weighted by molar-refractivity contribution is 0.193. The number of ether oxygens (including phenoxy) is 1. The number of aliphatic hydroxyl groups is 1. The van der Waals surface area contributed by atoms with E-state index in [1.54, 1.807) is 10.7 Å². The molecule has 4 nitrogen and oxygen atoms in total. The van der Waals surface area contributed by atoms with Gasteiger partial charge in [-0.05, 0) is 25.1 Å². The number of aliphatic hydroxyl groups excluding tert-OH is 1. The summed E-state index contributed by atoms with van der Waals surface area (Å²) in [6.07, 6.45) is 0.991. The van der Waals surface area contributed by atoms with Crippen LogP contribution < -0.4 is 4.74 Å². The third kappa shape index (κ3) is 2.87. The van der Waals surface area contributed by atoms with Gasteiger partial charge in [-0.3, -0.25) is 4.68 Å². The zero-order chi connectivity index (χ0) is 13.1. The largest absolute Gasteiger partial charge is 0.487 e. The first kappa shape index (κ1) is 12.6. The van der Waals surface area contributed by atoms with Gasteiger partial charge in [-0.2, -0.15) is 5.10 Å². The molecule has 1 aromatic heterocycles. The van der Waals surface area contributed by atoms with Crippen LogP contribution in [0.5, 0.6) is 5.75 Å². The molecule has 18 heavy (non-hydrogen) atoms. The van der Waals surface area contributed by atoms with E-state index in [0.717, 1.165) is 5.69 Å². The zero-order valence-corrected chi connectivity index (χ0v) is 10.3. The standard InChI is InChI=1S/C13H15FN2O2/c1-9(17)12-4-3-11(7-13(12)14)18-8-10-5-6-16(2)15-10/h3-7,9,17H,8H2,1-2H3. The van der Waals surface area contributed by atoms with E-state index >= 15 is 0 Å². The van der Waals surface area contributed by atoms with E-state index < -0.39 is 11.9 Å². The number of hydrogen-bond acceptors (Lipinski definition) is 3. The van der Waals surface area contributed by atoms with E-state index in [1.807, 2.05) is 19.3 Å². The summed E-state index contributed by atoms with van der Waals surface area (Å²) < 4.78 is 20.7. The molecule has 0 radical (unpaired) electrons. The Hall–Kier alpha value is -1.88. The maximum absolute atomic E-state index is 13.6. The molecule has 2 aromatic rings. The van der Waals surface area contributed by atoms with Gasteiger partial charge in [0.15, 0.2) is 0 Å². The van der Waals surface area contributed by atoms with Crippen molar-refractivity contribution in [1.82, 2.24) is 9.78 Å². The van der Waals surface area contributed by atoms with Gasteiger partial charge in [-0.25, -0.2) is 4.39 Å². The molecule has 0 aliphatic heterocycles. The molecule has 1 unspecified atom stereocenters. The van der Waals surface area contributed by atoms with Gasteiger partial charge in [0.2, 0.25) is 0 Å². The maximum atomic E-state index is 13.6. The lowest BCUT2D eigenvalue weighted by Crippen LogP contribution is -2.00. The molecule has 5 heteroatoms. The topological polar surface area (TPSA) is 47.3 Å². The third-order valence-corrected chi connectivity index (χ3v) is 2.58. The van der Waals surface area contributed by atoms with Crippen LogP contribution in [-0.4, -0.2) is 14.9 Å². The normalized spacial score (nSPS) is 12.4. The van der Waals surface area contributed by atoms with E-state index in [-0.39, 0.29) is 12.2 Å². The molecule has 0 amide bonds. The fraction of sp³-hybridized carbons (Fsp3) is 0.308. The minimum absolute atomic E-state index is 0.264. The highest BCUT2D eigenvalue weighted by molar-refractivity contribution is 5.30. The first-order chi connectivity index (χ1) is 8.56. The summed E-state index contributed by atoms with van der Waals surface area (Å²) in [6.45, 7) is 1.81. The van der Waals surface area contributed by atoms with E-state index in [9.17, 15) is 9.50 Å². The van der Waals surface area contributed by atoms with Crippen LogP contribution in [0.2, 0.25) is 0 Å². The predicted octanol–water partition coefficient (Wildman–Crippen LogP) is 2.19. The minimum atomic E-state index is -0.824. The molecule has 1 atom stereocenters. The molecule has 0 saturated carbocycles. The lowest BCUT2D eigenvalue weighted by atomic mass is 10.1. The molecular formula is C13H15FN2O2. The summed E-state index contributed by atoms with van der Waals surface area (Å²) in [5, 5.41) is 13.5. The molecule has 0 aliphatic carbocycles. The number of aromatic nitrogens is 2. The van der Waals surface area contributed by atoms with Crippen LogP contribution in [0.25, 0.3) is 0 Å². The van der Waals surface area contributed by atoms with Gasteiger partial charge in [0.25, 0.3) is 0 Å². The van der Waals surface area contributed by atoms with Crippen LogP contribution in [0.15, 0.2) is 30.5 Å².